The van der Waals surface area contributed by atoms with E-state index in [0.29, 0.717) is 24.8 Å². The van der Waals surface area contributed by atoms with E-state index in [4.69, 9.17) is 11.6 Å². The second kappa shape index (κ2) is 6.99. The minimum atomic E-state index is -0.253. The fraction of sp³-hybridized carbons (Fsp3) is 0.471. The van der Waals surface area contributed by atoms with Gasteiger partial charge in [0.25, 0.3) is 0 Å². The second-order valence-electron chi connectivity index (χ2n) is 6.17. The standard InChI is InChI=1S/C17H21ClFN3O/c1-12-16(11-21-8-2-3-15(23)10-21)17(18)22(20-12)9-13-4-6-14(19)7-5-13/h4-7,15,23H,2-3,8-11H2,1H3. The highest BCUT2D eigenvalue weighted by molar-refractivity contribution is 6.30. The van der Waals surface area contributed by atoms with Crippen molar-refractivity contribution >= 4 is 11.6 Å². The van der Waals surface area contributed by atoms with Crippen molar-refractivity contribution in [1.29, 1.82) is 0 Å². The average molecular weight is 338 g/mol. The van der Waals surface area contributed by atoms with Crippen LogP contribution in [0.5, 0.6) is 0 Å². The van der Waals surface area contributed by atoms with Crippen LogP contribution in [-0.2, 0) is 13.1 Å². The average Bonchev–Trinajstić information content (AvgIpc) is 2.77. The topological polar surface area (TPSA) is 41.3 Å². The zero-order valence-electron chi connectivity index (χ0n) is 13.2. The van der Waals surface area contributed by atoms with Crippen LogP contribution in [0.3, 0.4) is 0 Å². The van der Waals surface area contributed by atoms with Gasteiger partial charge in [0.05, 0.1) is 18.3 Å². The van der Waals surface area contributed by atoms with Crippen molar-refractivity contribution in [2.75, 3.05) is 13.1 Å². The van der Waals surface area contributed by atoms with Gasteiger partial charge in [0.15, 0.2) is 0 Å². The minimum Gasteiger partial charge on any atom is -0.392 e. The van der Waals surface area contributed by atoms with E-state index in [-0.39, 0.29) is 11.9 Å². The normalized spacial score (nSPS) is 19.2. The van der Waals surface area contributed by atoms with Crippen molar-refractivity contribution in [3.63, 3.8) is 0 Å². The third-order valence-corrected chi connectivity index (χ3v) is 4.71. The van der Waals surface area contributed by atoms with Crippen molar-refractivity contribution in [3.8, 4) is 0 Å². The number of hydrogen-bond donors (Lipinski definition) is 1. The molecule has 0 radical (unpaired) electrons. The maximum atomic E-state index is 13.0. The smallest absolute Gasteiger partial charge is 0.132 e. The molecule has 4 nitrogen and oxygen atoms in total. The van der Waals surface area contributed by atoms with Crippen LogP contribution in [0.15, 0.2) is 24.3 Å². The fourth-order valence-electron chi connectivity index (χ4n) is 3.04. The summed E-state index contributed by atoms with van der Waals surface area (Å²) < 4.78 is 14.7. The maximum Gasteiger partial charge on any atom is 0.132 e. The first-order valence-corrected chi connectivity index (χ1v) is 8.27. The summed E-state index contributed by atoms with van der Waals surface area (Å²) in [5.41, 5.74) is 2.86. The molecule has 23 heavy (non-hydrogen) atoms. The number of likely N-dealkylation sites (tertiary alicyclic amines) is 1. The lowest BCUT2D eigenvalue weighted by Gasteiger charge is -2.29. The predicted molar refractivity (Wildman–Crippen MR) is 88.0 cm³/mol. The fourth-order valence-corrected chi connectivity index (χ4v) is 3.33. The first-order chi connectivity index (χ1) is 11.0. The second-order valence-corrected chi connectivity index (χ2v) is 6.53. The van der Waals surface area contributed by atoms with E-state index in [9.17, 15) is 9.50 Å². The Morgan fingerprint density at radius 3 is 2.74 bits per heavy atom. The van der Waals surface area contributed by atoms with E-state index in [2.05, 4.69) is 10.00 Å². The summed E-state index contributed by atoms with van der Waals surface area (Å²) in [7, 11) is 0. The van der Waals surface area contributed by atoms with Gasteiger partial charge >= 0.3 is 0 Å². The van der Waals surface area contributed by atoms with Crippen LogP contribution < -0.4 is 0 Å². The van der Waals surface area contributed by atoms with Gasteiger partial charge in [-0.2, -0.15) is 5.10 Å². The number of aliphatic hydroxyl groups excluding tert-OH is 1. The van der Waals surface area contributed by atoms with Gasteiger partial charge in [-0.25, -0.2) is 9.07 Å². The first kappa shape index (κ1) is 16.4. The highest BCUT2D eigenvalue weighted by Crippen LogP contribution is 2.24. The molecule has 124 valence electrons. The van der Waals surface area contributed by atoms with Gasteiger partial charge < -0.3 is 5.11 Å². The molecule has 1 aliphatic rings. The number of rotatable bonds is 4. The SMILES string of the molecule is Cc1nn(Cc2ccc(F)cc2)c(Cl)c1CN1CCCC(O)C1. The van der Waals surface area contributed by atoms with Gasteiger partial charge in [-0.15, -0.1) is 0 Å². The van der Waals surface area contributed by atoms with E-state index >= 15 is 0 Å². The summed E-state index contributed by atoms with van der Waals surface area (Å²) in [6.45, 7) is 4.81. The van der Waals surface area contributed by atoms with Crippen molar-refractivity contribution < 1.29 is 9.50 Å². The van der Waals surface area contributed by atoms with E-state index in [0.717, 1.165) is 36.2 Å². The van der Waals surface area contributed by atoms with Crippen molar-refractivity contribution in [3.05, 3.63) is 52.1 Å². The van der Waals surface area contributed by atoms with Crippen LogP contribution in [0.4, 0.5) is 4.39 Å². The third kappa shape index (κ3) is 3.91. The molecule has 3 rings (SSSR count). The van der Waals surface area contributed by atoms with Gasteiger partial charge in [0.1, 0.15) is 11.0 Å². The summed E-state index contributed by atoms with van der Waals surface area (Å²) in [5.74, 6) is -0.249. The summed E-state index contributed by atoms with van der Waals surface area (Å²) >= 11 is 6.50. The van der Waals surface area contributed by atoms with E-state index < -0.39 is 0 Å². The lowest BCUT2D eigenvalue weighted by atomic mass is 10.1. The Kier molecular flexibility index (Phi) is 4.99. The molecule has 0 spiro atoms. The Morgan fingerprint density at radius 2 is 2.04 bits per heavy atom. The largest absolute Gasteiger partial charge is 0.392 e. The number of piperidine rings is 1. The van der Waals surface area contributed by atoms with E-state index in [1.54, 1.807) is 16.8 Å². The lowest BCUT2D eigenvalue weighted by Crippen LogP contribution is -2.37. The molecule has 6 heteroatoms. The molecule has 0 bridgehead atoms. The number of aryl methyl sites for hydroxylation is 1. The summed E-state index contributed by atoms with van der Waals surface area (Å²) in [4.78, 5) is 2.21. The Bertz CT molecular complexity index is 671. The highest BCUT2D eigenvalue weighted by atomic mass is 35.5. The van der Waals surface area contributed by atoms with Gasteiger partial charge in [-0.1, -0.05) is 23.7 Å². The highest BCUT2D eigenvalue weighted by Gasteiger charge is 2.21. The van der Waals surface area contributed by atoms with Gasteiger partial charge in [0.2, 0.25) is 0 Å². The van der Waals surface area contributed by atoms with Gasteiger partial charge in [0, 0.05) is 18.7 Å². The molecule has 0 aliphatic carbocycles. The van der Waals surface area contributed by atoms with Crippen LogP contribution in [0.2, 0.25) is 5.15 Å². The number of β-amino-alcohol motifs (C(OH)–C–C–N with tert-alkyl or cyclic N) is 1. The zero-order valence-corrected chi connectivity index (χ0v) is 13.9. The molecular weight excluding hydrogens is 317 g/mol. The zero-order chi connectivity index (χ0) is 16.4. The number of halogens is 2. The molecule has 2 aromatic rings. The number of aliphatic hydroxyl groups is 1. The quantitative estimate of drug-likeness (QED) is 0.932. The van der Waals surface area contributed by atoms with Crippen LogP contribution in [-0.4, -0.2) is 39.0 Å². The van der Waals surface area contributed by atoms with Crippen LogP contribution in [0, 0.1) is 12.7 Å². The lowest BCUT2D eigenvalue weighted by molar-refractivity contribution is 0.0667. The molecule has 0 saturated carbocycles. The number of nitrogens with zero attached hydrogens (tertiary/aromatic N) is 3. The third-order valence-electron chi connectivity index (χ3n) is 4.29. The monoisotopic (exact) mass is 337 g/mol. The van der Waals surface area contributed by atoms with Crippen molar-refractivity contribution in [2.45, 2.75) is 39.0 Å². The molecule has 1 unspecified atom stereocenters. The van der Waals surface area contributed by atoms with Crippen molar-refractivity contribution in [2.24, 2.45) is 0 Å². The molecule has 1 atom stereocenters. The van der Waals surface area contributed by atoms with Crippen molar-refractivity contribution in [1.82, 2.24) is 14.7 Å². The summed E-state index contributed by atoms with van der Waals surface area (Å²) in [6, 6.07) is 6.36. The Balaban J connectivity index is 1.75. The molecule has 1 aromatic carbocycles. The molecule has 1 saturated heterocycles. The molecule has 1 fully saturated rings. The Morgan fingerprint density at radius 1 is 1.30 bits per heavy atom. The minimum absolute atomic E-state index is 0.249. The summed E-state index contributed by atoms with van der Waals surface area (Å²) in [5, 5.41) is 14.9. The van der Waals surface area contributed by atoms with E-state index in [1.165, 1.54) is 12.1 Å². The number of benzene rings is 1. The van der Waals surface area contributed by atoms with Gasteiger partial charge in [-0.05, 0) is 44.0 Å². The van der Waals surface area contributed by atoms with E-state index in [1.807, 2.05) is 6.92 Å². The molecular formula is C17H21ClFN3O. The Hall–Kier alpha value is -1.43. The first-order valence-electron chi connectivity index (χ1n) is 7.89. The maximum absolute atomic E-state index is 13.0. The molecule has 1 aromatic heterocycles. The van der Waals surface area contributed by atoms with Gasteiger partial charge in [-0.3, -0.25) is 4.90 Å². The molecule has 0 amide bonds. The molecule has 1 N–H and O–H groups in total. The van der Waals surface area contributed by atoms with Crippen LogP contribution in [0.1, 0.15) is 29.7 Å². The van der Waals surface area contributed by atoms with Crippen LogP contribution >= 0.6 is 11.6 Å². The molecule has 2 heterocycles. The predicted octanol–water partition coefficient (Wildman–Crippen LogP) is 2.99. The summed E-state index contributed by atoms with van der Waals surface area (Å²) in [6.07, 6.45) is 1.62. The van der Waals surface area contributed by atoms with Crippen LogP contribution in [0.25, 0.3) is 0 Å². The number of hydrogen-bond acceptors (Lipinski definition) is 3. The number of aromatic nitrogens is 2. The molecule has 1 aliphatic heterocycles. The Labute approximate surface area is 140 Å².